The van der Waals surface area contributed by atoms with Crippen LogP contribution in [0, 0.1) is 20.8 Å². The molecule has 5 heteroatoms. The van der Waals surface area contributed by atoms with Gasteiger partial charge in [0, 0.05) is 18.7 Å². The third kappa shape index (κ3) is 4.66. The number of aromatic nitrogens is 2. The van der Waals surface area contributed by atoms with Crippen molar-refractivity contribution >= 4 is 5.91 Å². The molecule has 0 saturated carbocycles. The normalized spacial score (nSPS) is 10.8. The van der Waals surface area contributed by atoms with Crippen LogP contribution in [0.3, 0.4) is 0 Å². The Bertz CT molecular complexity index is 664. The van der Waals surface area contributed by atoms with Gasteiger partial charge in [-0.3, -0.25) is 4.79 Å². The smallest absolute Gasteiger partial charge is 0.223 e. The highest BCUT2D eigenvalue weighted by atomic mass is 16.3. The van der Waals surface area contributed by atoms with Gasteiger partial charge in [-0.15, -0.1) is 0 Å². The first-order chi connectivity index (χ1) is 11.0. The Balaban J connectivity index is 1.99. The topological polar surface area (TPSA) is 69.2 Å². The monoisotopic (exact) mass is 315 g/mol. The van der Waals surface area contributed by atoms with Gasteiger partial charge in [0.2, 0.25) is 5.91 Å². The molecule has 0 fully saturated rings. The molecule has 0 aliphatic carbocycles. The lowest BCUT2D eigenvalue weighted by molar-refractivity contribution is -0.132. The van der Waals surface area contributed by atoms with E-state index in [0.717, 1.165) is 11.4 Å². The molecule has 2 aromatic rings. The van der Waals surface area contributed by atoms with E-state index in [2.05, 4.69) is 42.0 Å². The molecule has 1 heterocycles. The van der Waals surface area contributed by atoms with Crippen LogP contribution in [-0.4, -0.2) is 39.0 Å². The molecule has 1 aromatic heterocycles. The van der Waals surface area contributed by atoms with Gasteiger partial charge in [-0.1, -0.05) is 23.8 Å². The molecule has 0 aliphatic heterocycles. The molecule has 2 N–H and O–H groups in total. The van der Waals surface area contributed by atoms with Gasteiger partial charge in [-0.2, -0.15) is 0 Å². The first-order valence-electron chi connectivity index (χ1n) is 7.95. The van der Waals surface area contributed by atoms with Gasteiger partial charge in [0.05, 0.1) is 25.2 Å². The predicted molar refractivity (Wildman–Crippen MR) is 90.1 cm³/mol. The van der Waals surface area contributed by atoms with E-state index in [1.807, 2.05) is 6.92 Å². The number of carbonyl (C=O) groups excluding carboxylic acids is 1. The Morgan fingerprint density at radius 2 is 2.09 bits per heavy atom. The van der Waals surface area contributed by atoms with Gasteiger partial charge < -0.3 is 15.0 Å². The molecule has 0 radical (unpaired) electrons. The minimum atomic E-state index is -0.0429. The van der Waals surface area contributed by atoms with Crippen molar-refractivity contribution in [2.45, 2.75) is 40.2 Å². The molecule has 1 amide bonds. The van der Waals surface area contributed by atoms with Gasteiger partial charge in [-0.05, 0) is 38.3 Å². The lowest BCUT2D eigenvalue weighted by atomic mass is 10.0. The van der Waals surface area contributed by atoms with Gasteiger partial charge in [0.25, 0.3) is 0 Å². The van der Waals surface area contributed by atoms with Crippen LogP contribution in [0.25, 0.3) is 0 Å². The first-order valence-corrected chi connectivity index (χ1v) is 7.95. The zero-order chi connectivity index (χ0) is 16.8. The Kier molecular flexibility index (Phi) is 5.93. The maximum absolute atomic E-state index is 12.5. The zero-order valence-electron chi connectivity index (χ0n) is 14.1. The summed E-state index contributed by atoms with van der Waals surface area (Å²) in [6.07, 6.45) is 2.78. The second-order valence-corrected chi connectivity index (χ2v) is 5.94. The van der Waals surface area contributed by atoms with Crippen LogP contribution in [0.4, 0.5) is 0 Å². The predicted octanol–water partition coefficient (Wildman–Crippen LogP) is 2.29. The summed E-state index contributed by atoms with van der Waals surface area (Å²) in [6, 6.07) is 6.30. The zero-order valence-corrected chi connectivity index (χ0v) is 14.1. The lowest BCUT2D eigenvalue weighted by Crippen LogP contribution is -2.33. The Morgan fingerprint density at radius 1 is 1.30 bits per heavy atom. The maximum atomic E-state index is 12.5. The molecular formula is C18H25N3O2. The number of rotatable bonds is 7. The van der Waals surface area contributed by atoms with Crippen LogP contribution in [-0.2, 0) is 17.8 Å². The fourth-order valence-electron chi connectivity index (χ4n) is 2.67. The Morgan fingerprint density at radius 3 is 2.70 bits per heavy atom. The van der Waals surface area contributed by atoms with Crippen LogP contribution in [0.5, 0.6) is 0 Å². The first kappa shape index (κ1) is 17.2. The Labute approximate surface area is 137 Å². The van der Waals surface area contributed by atoms with E-state index in [0.29, 0.717) is 25.9 Å². The van der Waals surface area contributed by atoms with Gasteiger partial charge in [0.15, 0.2) is 0 Å². The number of imidazole rings is 1. The third-order valence-electron chi connectivity index (χ3n) is 4.10. The van der Waals surface area contributed by atoms with Crippen LogP contribution < -0.4 is 0 Å². The number of aliphatic hydroxyl groups is 1. The molecule has 1 aromatic carbocycles. The van der Waals surface area contributed by atoms with Crippen molar-refractivity contribution in [3.63, 3.8) is 0 Å². The van der Waals surface area contributed by atoms with E-state index in [1.165, 1.54) is 16.7 Å². The number of carbonyl (C=O) groups is 1. The van der Waals surface area contributed by atoms with Crippen molar-refractivity contribution in [2.24, 2.45) is 0 Å². The summed E-state index contributed by atoms with van der Waals surface area (Å²) >= 11 is 0. The Hall–Kier alpha value is -2.14. The SMILES string of the molecule is Cc1ccc(CCC(=O)N(CCO)Cc2nc[nH]c2C)c(C)c1. The van der Waals surface area contributed by atoms with Crippen LogP contribution in [0.15, 0.2) is 24.5 Å². The second kappa shape index (κ2) is 7.92. The minimum absolute atomic E-state index is 0.0429. The molecule has 2 rings (SSSR count). The van der Waals surface area contributed by atoms with Crippen molar-refractivity contribution in [1.82, 2.24) is 14.9 Å². The average molecular weight is 315 g/mol. The number of amides is 1. The van der Waals surface area contributed by atoms with Crippen molar-refractivity contribution in [2.75, 3.05) is 13.2 Å². The van der Waals surface area contributed by atoms with Crippen molar-refractivity contribution < 1.29 is 9.90 Å². The molecule has 23 heavy (non-hydrogen) atoms. The molecule has 0 unspecified atom stereocenters. The number of H-pyrrole nitrogens is 1. The van der Waals surface area contributed by atoms with Crippen molar-refractivity contribution in [3.8, 4) is 0 Å². The number of nitrogens with one attached hydrogen (secondary N) is 1. The number of hydrogen-bond acceptors (Lipinski definition) is 3. The number of nitrogens with zero attached hydrogens (tertiary/aromatic N) is 2. The van der Waals surface area contributed by atoms with E-state index < -0.39 is 0 Å². The average Bonchev–Trinajstić information content (AvgIpc) is 2.91. The molecule has 0 spiro atoms. The third-order valence-corrected chi connectivity index (χ3v) is 4.10. The fourth-order valence-corrected chi connectivity index (χ4v) is 2.67. The number of aromatic amines is 1. The van der Waals surface area contributed by atoms with Gasteiger partial charge in [0.1, 0.15) is 0 Å². The molecule has 0 bridgehead atoms. The second-order valence-electron chi connectivity index (χ2n) is 5.94. The molecule has 124 valence electrons. The number of benzene rings is 1. The lowest BCUT2D eigenvalue weighted by Gasteiger charge is -2.21. The summed E-state index contributed by atoms with van der Waals surface area (Å²) in [5, 5.41) is 9.22. The van der Waals surface area contributed by atoms with Gasteiger partial charge >= 0.3 is 0 Å². The molecular weight excluding hydrogens is 290 g/mol. The summed E-state index contributed by atoms with van der Waals surface area (Å²) in [4.78, 5) is 21.4. The quantitative estimate of drug-likeness (QED) is 0.823. The summed E-state index contributed by atoms with van der Waals surface area (Å²) in [7, 11) is 0. The van der Waals surface area contributed by atoms with Gasteiger partial charge in [-0.25, -0.2) is 4.98 Å². The summed E-state index contributed by atoms with van der Waals surface area (Å²) in [6.45, 7) is 6.79. The van der Waals surface area contributed by atoms with Crippen LogP contribution in [0.2, 0.25) is 0 Å². The molecule has 0 atom stereocenters. The highest BCUT2D eigenvalue weighted by Gasteiger charge is 2.16. The summed E-state index contributed by atoms with van der Waals surface area (Å²) < 4.78 is 0. The van der Waals surface area contributed by atoms with Crippen LogP contribution in [0.1, 0.15) is 34.5 Å². The number of aliphatic hydroxyl groups excluding tert-OH is 1. The van der Waals surface area contributed by atoms with E-state index in [-0.39, 0.29) is 12.5 Å². The summed E-state index contributed by atoms with van der Waals surface area (Å²) in [5.74, 6) is 0.0430. The van der Waals surface area contributed by atoms with Crippen molar-refractivity contribution in [1.29, 1.82) is 0 Å². The van der Waals surface area contributed by atoms with Crippen molar-refractivity contribution in [3.05, 3.63) is 52.6 Å². The fraction of sp³-hybridized carbons (Fsp3) is 0.444. The van der Waals surface area contributed by atoms with E-state index in [4.69, 9.17) is 0 Å². The highest BCUT2D eigenvalue weighted by Crippen LogP contribution is 2.14. The van der Waals surface area contributed by atoms with E-state index in [9.17, 15) is 9.90 Å². The maximum Gasteiger partial charge on any atom is 0.223 e. The summed E-state index contributed by atoms with van der Waals surface area (Å²) in [5.41, 5.74) is 5.44. The molecule has 0 saturated heterocycles. The highest BCUT2D eigenvalue weighted by molar-refractivity contribution is 5.76. The molecule has 5 nitrogen and oxygen atoms in total. The number of aryl methyl sites for hydroxylation is 4. The standard InChI is InChI=1S/C18H25N3O2/c1-13-4-5-16(14(2)10-13)6-7-18(23)21(8-9-22)11-17-15(3)19-12-20-17/h4-5,10,12,22H,6-9,11H2,1-3H3,(H,19,20). The molecule has 0 aliphatic rings. The number of hydrogen-bond donors (Lipinski definition) is 2. The largest absolute Gasteiger partial charge is 0.395 e. The van der Waals surface area contributed by atoms with E-state index in [1.54, 1.807) is 11.2 Å². The van der Waals surface area contributed by atoms with Crippen LogP contribution >= 0.6 is 0 Å². The minimum Gasteiger partial charge on any atom is -0.395 e. The van der Waals surface area contributed by atoms with E-state index >= 15 is 0 Å².